The van der Waals surface area contributed by atoms with E-state index < -0.39 is 15.8 Å². The predicted octanol–water partition coefficient (Wildman–Crippen LogP) is 2.52. The second-order valence-electron chi connectivity index (χ2n) is 4.50. The van der Waals surface area contributed by atoms with E-state index in [1.54, 1.807) is 6.07 Å². The lowest BCUT2D eigenvalue weighted by molar-refractivity contribution is 0.466. The third kappa shape index (κ3) is 3.27. The highest BCUT2D eigenvalue weighted by atomic mass is 32.2. The van der Waals surface area contributed by atoms with E-state index in [2.05, 4.69) is 0 Å². The zero-order valence-corrected chi connectivity index (χ0v) is 12.1. The molecule has 0 aliphatic carbocycles. The van der Waals surface area contributed by atoms with E-state index in [1.807, 2.05) is 30.3 Å². The van der Waals surface area contributed by atoms with E-state index in [-0.39, 0.29) is 17.0 Å². The quantitative estimate of drug-likeness (QED) is 0.872. The van der Waals surface area contributed by atoms with Crippen LogP contribution in [0.25, 0.3) is 0 Å². The molecule has 0 bridgehead atoms. The van der Waals surface area contributed by atoms with Crippen molar-refractivity contribution in [3.63, 3.8) is 0 Å². The maximum absolute atomic E-state index is 13.3. The van der Waals surface area contributed by atoms with E-state index in [1.165, 1.54) is 7.05 Å². The standard InChI is InChI=1S/C15H13FN2O2S/c1-18(11-12-5-3-2-4-6-12)21(19,20)14-7-8-15(16)13(9-14)10-17/h2-9H,11H2,1H3. The molecule has 0 aromatic heterocycles. The van der Waals surface area contributed by atoms with Crippen LogP contribution in [0.5, 0.6) is 0 Å². The molecular formula is C15H13FN2O2S. The second-order valence-corrected chi connectivity index (χ2v) is 6.55. The van der Waals surface area contributed by atoms with E-state index in [0.717, 1.165) is 28.1 Å². The Kier molecular flexibility index (Phi) is 4.36. The fraction of sp³-hybridized carbons (Fsp3) is 0.133. The van der Waals surface area contributed by atoms with Crippen LogP contribution >= 0.6 is 0 Å². The molecule has 0 atom stereocenters. The smallest absolute Gasteiger partial charge is 0.207 e. The lowest BCUT2D eigenvalue weighted by Gasteiger charge is -2.17. The molecule has 4 nitrogen and oxygen atoms in total. The van der Waals surface area contributed by atoms with Crippen LogP contribution < -0.4 is 0 Å². The molecule has 0 aliphatic rings. The molecule has 0 radical (unpaired) electrons. The van der Waals surface area contributed by atoms with Crippen LogP contribution in [0.4, 0.5) is 4.39 Å². The van der Waals surface area contributed by atoms with Crippen LogP contribution in [0, 0.1) is 17.1 Å². The molecule has 0 saturated heterocycles. The lowest BCUT2D eigenvalue weighted by atomic mass is 10.2. The first-order valence-corrected chi connectivity index (χ1v) is 7.59. The van der Waals surface area contributed by atoms with Crippen LogP contribution in [0.15, 0.2) is 53.4 Å². The maximum atomic E-state index is 13.3. The normalized spacial score (nSPS) is 11.3. The van der Waals surface area contributed by atoms with Crippen molar-refractivity contribution in [2.24, 2.45) is 0 Å². The van der Waals surface area contributed by atoms with Gasteiger partial charge in [-0.15, -0.1) is 0 Å². The van der Waals surface area contributed by atoms with E-state index >= 15 is 0 Å². The van der Waals surface area contributed by atoms with Crippen LogP contribution in [0.2, 0.25) is 0 Å². The van der Waals surface area contributed by atoms with Gasteiger partial charge in [-0.25, -0.2) is 12.8 Å². The third-order valence-corrected chi connectivity index (χ3v) is 4.81. The minimum absolute atomic E-state index is 0.0983. The highest BCUT2D eigenvalue weighted by Gasteiger charge is 2.22. The number of rotatable bonds is 4. The Morgan fingerprint density at radius 1 is 1.19 bits per heavy atom. The number of hydrogen-bond acceptors (Lipinski definition) is 3. The maximum Gasteiger partial charge on any atom is 0.243 e. The first-order valence-electron chi connectivity index (χ1n) is 6.15. The summed E-state index contributed by atoms with van der Waals surface area (Å²) in [5, 5.41) is 8.78. The molecule has 0 fully saturated rings. The van der Waals surface area contributed by atoms with Crippen molar-refractivity contribution < 1.29 is 12.8 Å². The van der Waals surface area contributed by atoms with Crippen molar-refractivity contribution >= 4 is 10.0 Å². The van der Waals surface area contributed by atoms with Gasteiger partial charge in [-0.1, -0.05) is 30.3 Å². The van der Waals surface area contributed by atoms with Gasteiger partial charge in [0.1, 0.15) is 11.9 Å². The molecule has 108 valence electrons. The summed E-state index contributed by atoms with van der Waals surface area (Å²) in [6.45, 7) is 0.197. The Balaban J connectivity index is 2.31. The fourth-order valence-electron chi connectivity index (χ4n) is 1.86. The Labute approximate surface area is 123 Å². The van der Waals surface area contributed by atoms with Crippen molar-refractivity contribution in [1.82, 2.24) is 4.31 Å². The summed E-state index contributed by atoms with van der Waals surface area (Å²) in [6.07, 6.45) is 0. The summed E-state index contributed by atoms with van der Waals surface area (Å²) >= 11 is 0. The summed E-state index contributed by atoms with van der Waals surface area (Å²) in [4.78, 5) is -0.0983. The lowest BCUT2D eigenvalue weighted by Crippen LogP contribution is -2.26. The average molecular weight is 304 g/mol. The molecule has 2 rings (SSSR count). The minimum atomic E-state index is -3.77. The first kappa shape index (κ1) is 15.2. The van der Waals surface area contributed by atoms with Crippen molar-refractivity contribution in [1.29, 1.82) is 5.26 Å². The molecular weight excluding hydrogens is 291 g/mol. The molecule has 0 aliphatic heterocycles. The molecule has 0 spiro atoms. The number of hydrogen-bond donors (Lipinski definition) is 0. The first-order chi connectivity index (χ1) is 9.95. The Bertz CT molecular complexity index is 783. The van der Waals surface area contributed by atoms with E-state index in [0.29, 0.717) is 0 Å². The van der Waals surface area contributed by atoms with Gasteiger partial charge in [0.05, 0.1) is 10.5 Å². The highest BCUT2D eigenvalue weighted by molar-refractivity contribution is 7.89. The van der Waals surface area contributed by atoms with Gasteiger partial charge in [-0.05, 0) is 23.8 Å². The Morgan fingerprint density at radius 2 is 1.86 bits per heavy atom. The number of halogens is 1. The van der Waals surface area contributed by atoms with Gasteiger partial charge in [0.25, 0.3) is 0 Å². The SMILES string of the molecule is CN(Cc1ccccc1)S(=O)(=O)c1ccc(F)c(C#N)c1. The van der Waals surface area contributed by atoms with Gasteiger partial charge < -0.3 is 0 Å². The summed E-state index contributed by atoms with van der Waals surface area (Å²) in [7, 11) is -2.33. The molecule has 21 heavy (non-hydrogen) atoms. The molecule has 0 saturated carbocycles. The molecule has 0 unspecified atom stereocenters. The summed E-state index contributed by atoms with van der Waals surface area (Å²) in [6, 6.07) is 14.0. The van der Waals surface area contributed by atoms with Crippen molar-refractivity contribution in [2.45, 2.75) is 11.4 Å². The van der Waals surface area contributed by atoms with Gasteiger partial charge in [0, 0.05) is 13.6 Å². The van der Waals surface area contributed by atoms with Crippen LogP contribution in [-0.4, -0.2) is 19.8 Å². The summed E-state index contributed by atoms with van der Waals surface area (Å²) in [5.41, 5.74) is 0.551. The topological polar surface area (TPSA) is 61.2 Å². The van der Waals surface area contributed by atoms with Crippen LogP contribution in [0.1, 0.15) is 11.1 Å². The third-order valence-electron chi connectivity index (χ3n) is 3.01. The van der Waals surface area contributed by atoms with Gasteiger partial charge >= 0.3 is 0 Å². The molecule has 6 heteroatoms. The molecule has 2 aromatic carbocycles. The van der Waals surface area contributed by atoms with Crippen molar-refractivity contribution in [2.75, 3.05) is 7.05 Å². The molecule has 0 heterocycles. The molecule has 2 aromatic rings. The largest absolute Gasteiger partial charge is 0.243 e. The van der Waals surface area contributed by atoms with E-state index in [4.69, 9.17) is 5.26 Å². The monoisotopic (exact) mass is 304 g/mol. The summed E-state index contributed by atoms with van der Waals surface area (Å²) in [5.74, 6) is -0.734. The van der Waals surface area contributed by atoms with Crippen molar-refractivity contribution in [3.8, 4) is 6.07 Å². The zero-order chi connectivity index (χ0) is 15.5. The van der Waals surface area contributed by atoms with Crippen LogP contribution in [0.3, 0.4) is 0 Å². The number of sulfonamides is 1. The number of nitrogens with zero attached hydrogens (tertiary/aromatic N) is 2. The zero-order valence-electron chi connectivity index (χ0n) is 11.3. The molecule has 0 N–H and O–H groups in total. The number of nitriles is 1. The fourth-order valence-corrected chi connectivity index (χ4v) is 3.04. The Hall–Kier alpha value is -2.23. The van der Waals surface area contributed by atoms with Gasteiger partial charge in [-0.2, -0.15) is 9.57 Å². The minimum Gasteiger partial charge on any atom is -0.207 e. The summed E-state index contributed by atoms with van der Waals surface area (Å²) < 4.78 is 39.3. The highest BCUT2D eigenvalue weighted by Crippen LogP contribution is 2.19. The second kappa shape index (κ2) is 6.04. The number of benzene rings is 2. The van der Waals surface area contributed by atoms with Gasteiger partial charge in [0.2, 0.25) is 10.0 Å². The van der Waals surface area contributed by atoms with Gasteiger partial charge in [-0.3, -0.25) is 0 Å². The van der Waals surface area contributed by atoms with Gasteiger partial charge in [0.15, 0.2) is 0 Å². The average Bonchev–Trinajstić information content (AvgIpc) is 2.48. The van der Waals surface area contributed by atoms with Crippen LogP contribution in [-0.2, 0) is 16.6 Å². The molecule has 0 amide bonds. The Morgan fingerprint density at radius 3 is 2.48 bits per heavy atom. The van der Waals surface area contributed by atoms with E-state index in [9.17, 15) is 12.8 Å². The van der Waals surface area contributed by atoms with Crippen molar-refractivity contribution in [3.05, 3.63) is 65.5 Å². The predicted molar refractivity (Wildman–Crippen MR) is 76.2 cm³/mol.